The fraction of sp³-hybridized carbons (Fsp3) is 0.286. The van der Waals surface area contributed by atoms with Gasteiger partial charge in [-0.15, -0.1) is 0 Å². The van der Waals surface area contributed by atoms with Crippen molar-refractivity contribution < 1.29 is 18.8 Å². The van der Waals surface area contributed by atoms with Crippen LogP contribution in [0.5, 0.6) is 11.5 Å². The number of hydrogen-bond acceptors (Lipinski definition) is 6. The van der Waals surface area contributed by atoms with Crippen molar-refractivity contribution in [3.8, 4) is 22.9 Å². The Morgan fingerprint density at radius 3 is 2.89 bits per heavy atom. The Labute approximate surface area is 161 Å². The van der Waals surface area contributed by atoms with Gasteiger partial charge in [0.2, 0.25) is 24.4 Å². The molecular weight excluding hydrogens is 358 g/mol. The van der Waals surface area contributed by atoms with Crippen LogP contribution in [0.2, 0.25) is 0 Å². The molecule has 7 heteroatoms. The molecule has 1 amide bonds. The van der Waals surface area contributed by atoms with Gasteiger partial charge in [-0.1, -0.05) is 30.3 Å². The third-order valence-corrected chi connectivity index (χ3v) is 5.21. The number of para-hydroxylation sites is 1. The Balaban J connectivity index is 1.39. The lowest BCUT2D eigenvalue weighted by Gasteiger charge is -2.19. The fourth-order valence-corrected chi connectivity index (χ4v) is 3.73. The van der Waals surface area contributed by atoms with Crippen LogP contribution in [0, 0.1) is 0 Å². The summed E-state index contributed by atoms with van der Waals surface area (Å²) in [5, 5.41) is 4.10. The van der Waals surface area contributed by atoms with Gasteiger partial charge in [0.15, 0.2) is 11.5 Å². The molecule has 1 fully saturated rings. The van der Waals surface area contributed by atoms with Gasteiger partial charge in [0, 0.05) is 24.2 Å². The van der Waals surface area contributed by atoms with Crippen molar-refractivity contribution in [1.82, 2.24) is 10.1 Å². The Kier molecular flexibility index (Phi) is 4.00. The topological polar surface area (TPSA) is 77.7 Å². The average Bonchev–Trinajstić information content (AvgIpc) is 3.46. The van der Waals surface area contributed by atoms with E-state index in [1.165, 1.54) is 0 Å². The second kappa shape index (κ2) is 6.67. The molecule has 28 heavy (non-hydrogen) atoms. The third kappa shape index (κ3) is 2.79. The van der Waals surface area contributed by atoms with Crippen molar-refractivity contribution in [3.63, 3.8) is 0 Å². The highest BCUT2D eigenvalue weighted by atomic mass is 16.7. The number of rotatable bonds is 4. The van der Waals surface area contributed by atoms with Crippen LogP contribution in [0.4, 0.5) is 5.69 Å². The molecule has 5 rings (SSSR count). The number of fused-ring (bicyclic) bond motifs is 1. The van der Waals surface area contributed by atoms with E-state index in [4.69, 9.17) is 14.0 Å². The van der Waals surface area contributed by atoms with Crippen molar-refractivity contribution in [2.45, 2.75) is 25.7 Å². The molecule has 0 N–H and O–H groups in total. The summed E-state index contributed by atoms with van der Waals surface area (Å²) < 4.78 is 16.2. The summed E-state index contributed by atoms with van der Waals surface area (Å²) in [5.41, 5.74) is 2.91. The molecule has 3 heterocycles. The number of aryl methyl sites for hydroxylation is 1. The number of carbonyl (C=O) groups excluding carboxylic acids is 1. The predicted molar refractivity (Wildman–Crippen MR) is 101 cm³/mol. The molecule has 142 valence electrons. The van der Waals surface area contributed by atoms with Gasteiger partial charge in [0.05, 0.1) is 5.92 Å². The molecule has 1 atom stereocenters. The van der Waals surface area contributed by atoms with Crippen LogP contribution >= 0.6 is 0 Å². The summed E-state index contributed by atoms with van der Waals surface area (Å²) in [5.74, 6) is 2.30. The molecule has 1 unspecified atom stereocenters. The monoisotopic (exact) mass is 377 g/mol. The average molecular weight is 377 g/mol. The second-order valence-corrected chi connectivity index (χ2v) is 6.91. The Morgan fingerprint density at radius 2 is 2.00 bits per heavy atom. The number of aromatic nitrogens is 2. The standard InChI is InChI=1S/C21H19N3O4/c1-2-13-5-3-4-6-16(13)24-11-15(10-19(24)25)21-22-20(23-28-21)14-7-8-17-18(9-14)27-12-26-17/h3-9,15H,2,10-12H2,1H3. The molecule has 1 aromatic heterocycles. The fourth-order valence-electron chi connectivity index (χ4n) is 3.73. The quantitative estimate of drug-likeness (QED) is 0.692. The first-order chi connectivity index (χ1) is 13.7. The number of benzene rings is 2. The summed E-state index contributed by atoms with van der Waals surface area (Å²) in [6, 6.07) is 13.5. The lowest BCUT2D eigenvalue weighted by Crippen LogP contribution is -2.25. The number of anilines is 1. The van der Waals surface area contributed by atoms with Crippen molar-refractivity contribution in [1.29, 1.82) is 0 Å². The molecule has 0 radical (unpaired) electrons. The van der Waals surface area contributed by atoms with Crippen LogP contribution in [0.25, 0.3) is 11.4 Å². The summed E-state index contributed by atoms with van der Waals surface area (Å²) in [4.78, 5) is 19.0. The van der Waals surface area contributed by atoms with E-state index in [2.05, 4.69) is 23.1 Å². The van der Waals surface area contributed by atoms with Crippen LogP contribution in [0.3, 0.4) is 0 Å². The zero-order valence-corrected chi connectivity index (χ0v) is 15.4. The van der Waals surface area contributed by atoms with E-state index in [0.717, 1.165) is 23.2 Å². The molecule has 2 aromatic carbocycles. The van der Waals surface area contributed by atoms with Crippen LogP contribution in [-0.4, -0.2) is 29.4 Å². The maximum absolute atomic E-state index is 12.6. The lowest BCUT2D eigenvalue weighted by molar-refractivity contribution is -0.117. The smallest absolute Gasteiger partial charge is 0.232 e. The minimum absolute atomic E-state index is 0.0775. The van der Waals surface area contributed by atoms with Crippen molar-refractivity contribution in [3.05, 3.63) is 53.9 Å². The maximum Gasteiger partial charge on any atom is 0.232 e. The van der Waals surface area contributed by atoms with Gasteiger partial charge in [-0.25, -0.2) is 0 Å². The largest absolute Gasteiger partial charge is 0.454 e. The molecule has 0 spiro atoms. The molecule has 0 saturated carbocycles. The van der Waals surface area contributed by atoms with E-state index >= 15 is 0 Å². The molecule has 3 aromatic rings. The first-order valence-electron chi connectivity index (χ1n) is 9.35. The summed E-state index contributed by atoms with van der Waals surface area (Å²) in [6.07, 6.45) is 1.24. The SMILES string of the molecule is CCc1ccccc1N1CC(c2nc(-c3ccc4c(c3)OCO4)no2)CC1=O. The maximum atomic E-state index is 12.6. The molecule has 7 nitrogen and oxygen atoms in total. The van der Waals surface area contributed by atoms with Crippen LogP contribution in [0.15, 0.2) is 47.0 Å². The van der Waals surface area contributed by atoms with Crippen molar-refractivity contribution in [2.75, 3.05) is 18.2 Å². The van der Waals surface area contributed by atoms with Gasteiger partial charge < -0.3 is 18.9 Å². The van der Waals surface area contributed by atoms with E-state index in [9.17, 15) is 4.79 Å². The lowest BCUT2D eigenvalue weighted by atomic mass is 10.1. The summed E-state index contributed by atoms with van der Waals surface area (Å²) >= 11 is 0. The number of nitrogens with zero attached hydrogens (tertiary/aromatic N) is 3. The molecule has 1 saturated heterocycles. The van der Waals surface area contributed by atoms with E-state index in [-0.39, 0.29) is 18.6 Å². The van der Waals surface area contributed by atoms with Gasteiger partial charge in [-0.3, -0.25) is 4.79 Å². The third-order valence-electron chi connectivity index (χ3n) is 5.21. The van der Waals surface area contributed by atoms with Crippen molar-refractivity contribution in [2.24, 2.45) is 0 Å². The molecule has 0 bridgehead atoms. The Morgan fingerprint density at radius 1 is 1.14 bits per heavy atom. The van der Waals surface area contributed by atoms with Gasteiger partial charge in [0.1, 0.15) is 0 Å². The zero-order valence-electron chi connectivity index (χ0n) is 15.4. The van der Waals surface area contributed by atoms with E-state index in [1.807, 2.05) is 41.3 Å². The van der Waals surface area contributed by atoms with E-state index < -0.39 is 0 Å². The number of amides is 1. The van der Waals surface area contributed by atoms with Gasteiger partial charge in [-0.05, 0) is 36.2 Å². The normalized spacial score (nSPS) is 18.1. The van der Waals surface area contributed by atoms with Crippen LogP contribution < -0.4 is 14.4 Å². The summed E-state index contributed by atoms with van der Waals surface area (Å²) in [7, 11) is 0. The van der Waals surface area contributed by atoms with Gasteiger partial charge in [0.25, 0.3) is 0 Å². The van der Waals surface area contributed by atoms with Gasteiger partial charge in [-0.2, -0.15) is 4.98 Å². The zero-order chi connectivity index (χ0) is 19.1. The molecular formula is C21H19N3O4. The number of carbonyl (C=O) groups is 1. The van der Waals surface area contributed by atoms with Crippen molar-refractivity contribution >= 4 is 11.6 Å². The second-order valence-electron chi connectivity index (χ2n) is 6.91. The highest BCUT2D eigenvalue weighted by Gasteiger charge is 2.36. The minimum atomic E-state index is -0.118. The summed E-state index contributed by atoms with van der Waals surface area (Å²) in [6.45, 7) is 2.85. The first kappa shape index (κ1) is 16.8. The Bertz CT molecular complexity index is 1050. The van der Waals surface area contributed by atoms with Gasteiger partial charge >= 0.3 is 0 Å². The highest BCUT2D eigenvalue weighted by Crippen LogP contribution is 2.37. The minimum Gasteiger partial charge on any atom is -0.454 e. The van der Waals surface area contributed by atoms with Crippen LogP contribution in [-0.2, 0) is 11.2 Å². The first-order valence-corrected chi connectivity index (χ1v) is 9.35. The predicted octanol–water partition coefficient (Wildman–Crippen LogP) is 3.55. The number of hydrogen-bond donors (Lipinski definition) is 0. The number of ether oxygens (including phenoxy) is 2. The Hall–Kier alpha value is -3.35. The van der Waals surface area contributed by atoms with E-state index in [1.54, 1.807) is 0 Å². The molecule has 2 aliphatic heterocycles. The molecule has 0 aliphatic carbocycles. The van der Waals surface area contributed by atoms with Crippen LogP contribution in [0.1, 0.15) is 30.7 Å². The van der Waals surface area contributed by atoms with E-state index in [0.29, 0.717) is 36.2 Å². The molecule has 2 aliphatic rings. The highest BCUT2D eigenvalue weighted by molar-refractivity contribution is 5.97.